The summed E-state index contributed by atoms with van der Waals surface area (Å²) in [6.07, 6.45) is 0. The van der Waals surface area contributed by atoms with Crippen molar-refractivity contribution < 1.29 is 0 Å². The summed E-state index contributed by atoms with van der Waals surface area (Å²) >= 11 is 0. The van der Waals surface area contributed by atoms with Gasteiger partial charge in [0.2, 0.25) is 0 Å². The van der Waals surface area contributed by atoms with Crippen molar-refractivity contribution in [2.45, 2.75) is 21.7 Å². The van der Waals surface area contributed by atoms with Crippen molar-refractivity contribution in [3.05, 3.63) is 502 Å². The molecule has 6 aliphatic carbocycles. The minimum Gasteiger partial charge on any atom is -0.208 e. The highest BCUT2D eigenvalue weighted by molar-refractivity contribution is 6.02. The lowest BCUT2D eigenvalue weighted by Crippen LogP contribution is -2.43. The van der Waals surface area contributed by atoms with Gasteiger partial charge in [0.25, 0.3) is 0 Å². The van der Waals surface area contributed by atoms with Gasteiger partial charge in [0.05, 0.1) is 21.7 Å². The maximum atomic E-state index is 5.63. The van der Waals surface area contributed by atoms with Gasteiger partial charge in [-0.2, -0.15) is 0 Å². The number of hydrogen-bond acceptors (Lipinski definition) is 6. The highest BCUT2D eigenvalue weighted by Crippen LogP contribution is 2.71. The standard InChI is InChI=1S/C112H68N6/c1-4-30-69(31-5-1)70-58-62-74(63-59-70)106-114-104(73-34-8-3-9-35-73)117-108(118-106)84-43-29-57-99-102(84)83-41-15-21-49-90(83)112(99)95-54-26-24-52-93(95)111(94-53-25-27-55-96(94)112)89-48-20-14-40-82(89)101-77(42-28-56-98(101)111)71-60-64-75(65-61-71)105-113-103(72-32-6-2-7-33-72)115-107(116-105)76-66-67-97-100(68-76)110(87-46-18-12-38-80(87)81-39-13-19-47-88(81)110)92-51-23-22-50-91(92)109(97)85-44-16-10-36-78(85)79-37-11-17-45-86(79)109/h1-68H. The van der Waals surface area contributed by atoms with E-state index in [0.29, 0.717) is 34.9 Å². The Morgan fingerprint density at radius 2 is 0.339 bits per heavy atom. The monoisotopic (exact) mass is 1500 g/mol. The van der Waals surface area contributed by atoms with Crippen LogP contribution in [0, 0.1) is 0 Å². The molecule has 0 bridgehead atoms. The molecule has 0 N–H and O–H groups in total. The minimum absolute atomic E-state index is 0.592. The summed E-state index contributed by atoms with van der Waals surface area (Å²) in [5, 5.41) is 0. The van der Waals surface area contributed by atoms with Gasteiger partial charge in [-0.1, -0.05) is 406 Å². The first kappa shape index (κ1) is 66.2. The van der Waals surface area contributed by atoms with E-state index in [1.165, 1.54) is 122 Å². The van der Waals surface area contributed by atoms with Crippen LogP contribution in [0.1, 0.15) is 89.0 Å². The topological polar surface area (TPSA) is 77.3 Å². The highest BCUT2D eigenvalue weighted by Gasteiger charge is 2.62. The lowest BCUT2D eigenvalue weighted by Gasteiger charge is -2.49. The molecule has 0 aliphatic heterocycles. The van der Waals surface area contributed by atoms with Crippen LogP contribution in [0.3, 0.4) is 0 Å². The highest BCUT2D eigenvalue weighted by atomic mass is 15.0. The van der Waals surface area contributed by atoms with Crippen LogP contribution in [0.15, 0.2) is 413 Å². The van der Waals surface area contributed by atoms with Crippen molar-refractivity contribution >= 4 is 0 Å². The van der Waals surface area contributed by atoms with Crippen molar-refractivity contribution in [2.75, 3.05) is 0 Å². The first-order valence-corrected chi connectivity index (χ1v) is 40.7. The van der Waals surface area contributed by atoms with Crippen molar-refractivity contribution in [3.8, 4) is 135 Å². The molecule has 2 aromatic heterocycles. The summed E-state index contributed by atoms with van der Waals surface area (Å²) in [6.45, 7) is 0. The van der Waals surface area contributed by atoms with E-state index in [0.717, 1.165) is 66.8 Å². The summed E-state index contributed by atoms with van der Waals surface area (Å²) < 4.78 is 0. The fourth-order valence-electron chi connectivity index (χ4n) is 22.1. The van der Waals surface area contributed by atoms with Crippen LogP contribution in [-0.4, -0.2) is 29.9 Å². The number of hydrogen-bond donors (Lipinski definition) is 0. The van der Waals surface area contributed by atoms with E-state index in [-0.39, 0.29) is 0 Å². The molecule has 0 atom stereocenters. The van der Waals surface area contributed by atoms with Gasteiger partial charge >= 0.3 is 0 Å². The average Bonchev–Trinajstić information content (AvgIpc) is 1.46. The lowest BCUT2D eigenvalue weighted by molar-refractivity contribution is 0.633. The van der Waals surface area contributed by atoms with E-state index in [9.17, 15) is 0 Å². The predicted molar refractivity (Wildman–Crippen MR) is 473 cm³/mol. The molecule has 6 heteroatoms. The summed E-state index contributed by atoms with van der Waals surface area (Å²) in [5.74, 6) is 3.64. The third-order valence-electron chi connectivity index (χ3n) is 26.6. The molecule has 0 saturated carbocycles. The molecular formula is C112H68N6. The van der Waals surface area contributed by atoms with Gasteiger partial charge in [-0.3, -0.25) is 0 Å². The zero-order valence-electron chi connectivity index (χ0n) is 63.9. The number of rotatable bonds is 8. The van der Waals surface area contributed by atoms with Gasteiger partial charge in [-0.15, -0.1) is 0 Å². The molecule has 2 heterocycles. The summed E-state index contributed by atoms with van der Waals surface area (Å²) in [4.78, 5) is 32.8. The average molecular weight is 1500 g/mol. The number of fused-ring (bicyclic) bond motifs is 32. The van der Waals surface area contributed by atoms with Gasteiger partial charge < -0.3 is 0 Å². The molecule has 6 aliphatic rings. The van der Waals surface area contributed by atoms with Crippen LogP contribution < -0.4 is 0 Å². The van der Waals surface area contributed by atoms with E-state index in [1.807, 2.05) is 24.3 Å². The zero-order valence-corrected chi connectivity index (χ0v) is 63.9. The molecule has 0 amide bonds. The molecule has 25 rings (SSSR count). The van der Waals surface area contributed by atoms with E-state index >= 15 is 0 Å². The Bertz CT molecular complexity index is 7290. The smallest absolute Gasteiger partial charge is 0.164 e. The first-order valence-electron chi connectivity index (χ1n) is 40.7. The Morgan fingerprint density at radius 3 is 0.729 bits per heavy atom. The molecule has 17 aromatic carbocycles. The Balaban J connectivity index is 0.640. The van der Waals surface area contributed by atoms with Crippen molar-refractivity contribution in [2.24, 2.45) is 0 Å². The molecule has 6 nitrogen and oxygen atoms in total. The molecule has 19 aromatic rings. The van der Waals surface area contributed by atoms with Gasteiger partial charge in [0.15, 0.2) is 34.9 Å². The van der Waals surface area contributed by atoms with Crippen molar-refractivity contribution in [1.82, 2.24) is 29.9 Å². The molecule has 4 spiro atoms. The molecule has 0 fully saturated rings. The number of nitrogens with zero attached hydrogens (tertiary/aromatic N) is 6. The predicted octanol–water partition coefficient (Wildman–Crippen LogP) is 25.5. The van der Waals surface area contributed by atoms with Crippen LogP contribution in [0.5, 0.6) is 0 Å². The van der Waals surface area contributed by atoms with Crippen LogP contribution in [0.2, 0.25) is 0 Å². The van der Waals surface area contributed by atoms with Crippen LogP contribution in [0.25, 0.3) is 135 Å². The van der Waals surface area contributed by atoms with E-state index < -0.39 is 21.7 Å². The molecule has 0 radical (unpaired) electrons. The van der Waals surface area contributed by atoms with Gasteiger partial charge in [-0.25, -0.2) is 29.9 Å². The van der Waals surface area contributed by atoms with E-state index in [2.05, 4.69) is 388 Å². The number of aromatic nitrogens is 6. The second kappa shape index (κ2) is 25.1. The minimum atomic E-state index is -0.757. The van der Waals surface area contributed by atoms with Crippen molar-refractivity contribution in [1.29, 1.82) is 0 Å². The van der Waals surface area contributed by atoms with Crippen LogP contribution >= 0.6 is 0 Å². The fourth-order valence-corrected chi connectivity index (χ4v) is 22.1. The molecule has 0 saturated heterocycles. The number of benzene rings is 17. The Morgan fingerprint density at radius 1 is 0.119 bits per heavy atom. The van der Waals surface area contributed by atoms with Gasteiger partial charge in [-0.05, 0) is 162 Å². The summed E-state index contributed by atoms with van der Waals surface area (Å²) in [5.41, 5.74) is 37.0. The molecule has 118 heavy (non-hydrogen) atoms. The van der Waals surface area contributed by atoms with Crippen LogP contribution in [0.4, 0.5) is 0 Å². The lowest BCUT2D eigenvalue weighted by atomic mass is 9.52. The van der Waals surface area contributed by atoms with Gasteiger partial charge in [0, 0.05) is 33.4 Å². The van der Waals surface area contributed by atoms with E-state index in [4.69, 9.17) is 29.9 Å². The zero-order chi connectivity index (χ0) is 77.4. The second-order valence-corrected chi connectivity index (χ2v) is 32.0. The molecule has 0 unspecified atom stereocenters. The fraction of sp³-hybridized carbons (Fsp3) is 0.0357. The molecule has 546 valence electrons. The van der Waals surface area contributed by atoms with Crippen LogP contribution in [-0.2, 0) is 21.7 Å². The Labute approximate surface area is 683 Å². The SMILES string of the molecule is c1ccc(-c2ccc(-c3nc(-c4ccccc4)nc(-c4cccc5c4-c4ccccc4C54c5ccccc5C5(c6ccccc6-c6c(-c7ccc(-c8nc(-c9ccccc9)nc(-c9ccc%10c(c9)C9(c%11ccccc%11-c%11ccccc%119)c9ccccc9C%109c%10ccccc%10-c%10ccccc%109)n8)cc7)cccc65)c5ccccc54)n3)cc2)cc1. The van der Waals surface area contributed by atoms with Crippen molar-refractivity contribution in [3.63, 3.8) is 0 Å². The quantitative estimate of drug-likeness (QED) is 0.151. The Hall–Kier alpha value is -15.2. The third kappa shape index (κ3) is 8.84. The summed E-state index contributed by atoms with van der Waals surface area (Å²) in [7, 11) is 0. The normalized spacial score (nSPS) is 14.4. The maximum absolute atomic E-state index is 5.63. The third-order valence-corrected chi connectivity index (χ3v) is 26.6. The second-order valence-electron chi connectivity index (χ2n) is 32.0. The summed E-state index contributed by atoms with van der Waals surface area (Å²) in [6, 6.07) is 152. The molecular weight excluding hydrogens is 1430 g/mol. The van der Waals surface area contributed by atoms with E-state index in [1.54, 1.807) is 0 Å². The maximum Gasteiger partial charge on any atom is 0.164 e. The Kier molecular flexibility index (Phi) is 14.1. The van der Waals surface area contributed by atoms with Gasteiger partial charge in [0.1, 0.15) is 0 Å². The largest absolute Gasteiger partial charge is 0.208 e. The first-order chi connectivity index (χ1) is 58.5.